The van der Waals surface area contributed by atoms with E-state index in [1.165, 1.54) is 5.69 Å². The van der Waals surface area contributed by atoms with Gasteiger partial charge in [-0.1, -0.05) is 13.8 Å². The Bertz CT molecular complexity index is 398. The first-order valence-electron chi connectivity index (χ1n) is 6.96. The van der Waals surface area contributed by atoms with Crippen molar-refractivity contribution in [2.75, 3.05) is 20.6 Å². The van der Waals surface area contributed by atoms with E-state index in [9.17, 15) is 0 Å². The van der Waals surface area contributed by atoms with Crippen molar-refractivity contribution in [3.05, 3.63) is 15.9 Å². The number of nitrogens with one attached hydrogen (secondary N) is 1. The van der Waals surface area contributed by atoms with E-state index >= 15 is 0 Å². The van der Waals surface area contributed by atoms with E-state index in [0.717, 1.165) is 29.8 Å². The molecule has 0 aliphatic carbocycles. The Balaban J connectivity index is 2.73. The number of rotatable bonds is 7. The Kier molecular flexibility index (Phi) is 6.50. The summed E-state index contributed by atoms with van der Waals surface area (Å²) in [5.41, 5.74) is 2.30. The molecule has 0 aromatic carbocycles. The smallest absolute Gasteiger partial charge is 0.0739 e. The lowest BCUT2D eigenvalue weighted by Gasteiger charge is -2.26. The van der Waals surface area contributed by atoms with Crippen LogP contribution in [-0.2, 0) is 13.1 Å². The molecule has 1 unspecified atom stereocenters. The molecule has 0 aliphatic rings. The third-order valence-electron chi connectivity index (χ3n) is 3.35. The van der Waals surface area contributed by atoms with Crippen molar-refractivity contribution in [3.8, 4) is 0 Å². The van der Waals surface area contributed by atoms with Gasteiger partial charge in [-0.2, -0.15) is 5.10 Å². The fourth-order valence-electron chi connectivity index (χ4n) is 2.17. The van der Waals surface area contributed by atoms with Crippen LogP contribution in [0.1, 0.15) is 32.2 Å². The van der Waals surface area contributed by atoms with Gasteiger partial charge in [-0.05, 0) is 49.8 Å². The third-order valence-corrected chi connectivity index (χ3v) is 4.38. The Morgan fingerprint density at radius 3 is 2.47 bits per heavy atom. The maximum atomic E-state index is 4.53. The minimum absolute atomic E-state index is 0.488. The summed E-state index contributed by atoms with van der Waals surface area (Å²) >= 11 is 3.65. The average Bonchev–Trinajstić information content (AvgIpc) is 2.60. The topological polar surface area (TPSA) is 33.1 Å². The van der Waals surface area contributed by atoms with Crippen LogP contribution in [0.25, 0.3) is 0 Å². The lowest BCUT2D eigenvalue weighted by atomic mass is 10.0. The van der Waals surface area contributed by atoms with Gasteiger partial charge in [-0.3, -0.25) is 4.68 Å². The Hall–Kier alpha value is -0.390. The van der Waals surface area contributed by atoms with Crippen molar-refractivity contribution in [2.24, 2.45) is 5.92 Å². The molecule has 0 radical (unpaired) electrons. The van der Waals surface area contributed by atoms with Crippen LogP contribution in [0.5, 0.6) is 0 Å². The molecule has 0 saturated carbocycles. The molecule has 5 heteroatoms. The number of hydrogen-bond donors (Lipinski definition) is 1. The van der Waals surface area contributed by atoms with Gasteiger partial charge in [-0.15, -0.1) is 0 Å². The van der Waals surface area contributed by atoms with E-state index in [1.807, 2.05) is 6.92 Å². The lowest BCUT2D eigenvalue weighted by molar-refractivity contribution is 0.286. The lowest BCUT2D eigenvalue weighted by Crippen LogP contribution is -2.41. The maximum Gasteiger partial charge on any atom is 0.0739 e. The van der Waals surface area contributed by atoms with Crippen LogP contribution in [0.3, 0.4) is 0 Å². The van der Waals surface area contributed by atoms with E-state index in [1.54, 1.807) is 0 Å². The molecule has 0 aliphatic heterocycles. The molecule has 1 aromatic rings. The van der Waals surface area contributed by atoms with E-state index in [4.69, 9.17) is 0 Å². The highest BCUT2D eigenvalue weighted by Gasteiger charge is 2.17. The molecule has 0 fully saturated rings. The summed E-state index contributed by atoms with van der Waals surface area (Å²) in [5, 5.41) is 8.19. The number of likely N-dealkylation sites (N-methyl/N-ethyl adjacent to an activating group) is 1. The standard InChI is InChI=1S/C14H27BrN4/c1-7-19-13(14(15)11(4)17-19)8-16-12(10(2)3)9-18(5)6/h10,12,16H,7-9H2,1-6H3. The molecular weight excluding hydrogens is 304 g/mol. The van der Waals surface area contributed by atoms with Gasteiger partial charge in [0.2, 0.25) is 0 Å². The number of aryl methyl sites for hydroxylation is 2. The molecule has 4 nitrogen and oxygen atoms in total. The van der Waals surface area contributed by atoms with Crippen LogP contribution in [0, 0.1) is 12.8 Å². The molecule has 1 atom stereocenters. The zero-order valence-electron chi connectivity index (χ0n) is 13.0. The first kappa shape index (κ1) is 16.7. The van der Waals surface area contributed by atoms with E-state index in [0.29, 0.717) is 12.0 Å². The first-order chi connectivity index (χ1) is 8.86. The van der Waals surface area contributed by atoms with Crippen molar-refractivity contribution < 1.29 is 0 Å². The normalized spacial score (nSPS) is 13.5. The maximum absolute atomic E-state index is 4.53. The molecule has 0 saturated heterocycles. The molecule has 0 spiro atoms. The molecule has 0 bridgehead atoms. The van der Waals surface area contributed by atoms with Gasteiger partial charge in [0.1, 0.15) is 0 Å². The number of nitrogens with zero attached hydrogens (tertiary/aromatic N) is 3. The summed E-state index contributed by atoms with van der Waals surface area (Å²) in [4.78, 5) is 2.23. The Labute approximate surface area is 125 Å². The highest BCUT2D eigenvalue weighted by Crippen LogP contribution is 2.21. The van der Waals surface area contributed by atoms with E-state index in [-0.39, 0.29) is 0 Å². The zero-order chi connectivity index (χ0) is 14.6. The fraction of sp³-hybridized carbons (Fsp3) is 0.786. The van der Waals surface area contributed by atoms with Crippen molar-refractivity contribution in [1.29, 1.82) is 0 Å². The van der Waals surface area contributed by atoms with Crippen LogP contribution in [-0.4, -0.2) is 41.4 Å². The summed E-state index contributed by atoms with van der Waals surface area (Å²) in [5.74, 6) is 0.611. The van der Waals surface area contributed by atoms with Crippen LogP contribution in [0.15, 0.2) is 4.47 Å². The van der Waals surface area contributed by atoms with Gasteiger partial charge in [0, 0.05) is 25.7 Å². The number of halogens is 1. The van der Waals surface area contributed by atoms with E-state index in [2.05, 4.69) is 70.8 Å². The van der Waals surface area contributed by atoms with Crippen molar-refractivity contribution in [3.63, 3.8) is 0 Å². The van der Waals surface area contributed by atoms with Gasteiger partial charge in [0.25, 0.3) is 0 Å². The summed E-state index contributed by atoms with van der Waals surface area (Å²) in [6, 6.07) is 0.488. The minimum atomic E-state index is 0.488. The molecular formula is C14H27BrN4. The first-order valence-corrected chi connectivity index (χ1v) is 7.76. The Morgan fingerprint density at radius 1 is 1.37 bits per heavy atom. The highest BCUT2D eigenvalue weighted by molar-refractivity contribution is 9.10. The SMILES string of the molecule is CCn1nc(C)c(Br)c1CNC(CN(C)C)C(C)C. The second-order valence-corrected chi connectivity index (χ2v) is 6.45. The van der Waals surface area contributed by atoms with Crippen LogP contribution >= 0.6 is 15.9 Å². The number of aromatic nitrogens is 2. The molecule has 110 valence electrons. The van der Waals surface area contributed by atoms with Crippen molar-refractivity contribution in [2.45, 2.75) is 46.8 Å². The summed E-state index contributed by atoms with van der Waals surface area (Å²) in [6.07, 6.45) is 0. The number of hydrogen-bond acceptors (Lipinski definition) is 3. The summed E-state index contributed by atoms with van der Waals surface area (Å²) in [6.45, 7) is 11.5. The monoisotopic (exact) mass is 330 g/mol. The van der Waals surface area contributed by atoms with Crippen molar-refractivity contribution >= 4 is 15.9 Å². The molecule has 1 rings (SSSR count). The Morgan fingerprint density at radius 2 is 2.00 bits per heavy atom. The molecule has 1 heterocycles. The van der Waals surface area contributed by atoms with Gasteiger partial charge < -0.3 is 10.2 Å². The molecule has 1 aromatic heterocycles. The second kappa shape index (κ2) is 7.41. The van der Waals surface area contributed by atoms with Gasteiger partial charge >= 0.3 is 0 Å². The second-order valence-electron chi connectivity index (χ2n) is 5.66. The van der Waals surface area contributed by atoms with Gasteiger partial charge in [-0.25, -0.2) is 0 Å². The molecule has 1 N–H and O–H groups in total. The fourth-order valence-corrected chi connectivity index (χ4v) is 2.59. The summed E-state index contributed by atoms with van der Waals surface area (Å²) < 4.78 is 3.20. The summed E-state index contributed by atoms with van der Waals surface area (Å²) in [7, 11) is 4.24. The van der Waals surface area contributed by atoms with Crippen LogP contribution in [0.2, 0.25) is 0 Å². The van der Waals surface area contributed by atoms with Crippen LogP contribution < -0.4 is 5.32 Å². The van der Waals surface area contributed by atoms with Crippen molar-refractivity contribution in [1.82, 2.24) is 20.0 Å². The quantitative estimate of drug-likeness (QED) is 0.834. The van der Waals surface area contributed by atoms with Gasteiger partial charge in [0.05, 0.1) is 15.9 Å². The third kappa shape index (κ3) is 4.58. The highest BCUT2D eigenvalue weighted by atomic mass is 79.9. The van der Waals surface area contributed by atoms with Gasteiger partial charge in [0.15, 0.2) is 0 Å². The molecule has 0 amide bonds. The zero-order valence-corrected chi connectivity index (χ0v) is 14.6. The van der Waals surface area contributed by atoms with E-state index < -0.39 is 0 Å². The van der Waals surface area contributed by atoms with Crippen LogP contribution in [0.4, 0.5) is 0 Å². The predicted molar refractivity (Wildman–Crippen MR) is 84.4 cm³/mol. The predicted octanol–water partition coefficient (Wildman–Crippen LogP) is 2.65. The minimum Gasteiger partial charge on any atom is -0.308 e. The average molecular weight is 331 g/mol. The molecule has 19 heavy (non-hydrogen) atoms. The largest absolute Gasteiger partial charge is 0.308 e.